The van der Waals surface area contributed by atoms with Crippen molar-refractivity contribution in [2.45, 2.75) is 30.6 Å². The van der Waals surface area contributed by atoms with Crippen LogP contribution < -0.4 is 5.32 Å². The standard InChI is InChI=1S/C19H27N5O4S/c1-22(2)29(27,28)14-6-7-16-15(12-14)21-17(23(16)3)8-9-18(25)20-13-19(26)24-10-4-5-11-24/h6-7,12H,4-5,8-11,13H2,1-3H3,(H,20,25). The highest BCUT2D eigenvalue weighted by atomic mass is 32.2. The van der Waals surface area contributed by atoms with Crippen molar-refractivity contribution in [3.63, 3.8) is 0 Å². The predicted molar refractivity (Wildman–Crippen MR) is 109 cm³/mol. The van der Waals surface area contributed by atoms with Crippen LogP contribution in [-0.2, 0) is 33.1 Å². The highest BCUT2D eigenvalue weighted by Gasteiger charge is 2.20. The van der Waals surface area contributed by atoms with Crippen molar-refractivity contribution < 1.29 is 18.0 Å². The molecule has 2 aromatic rings. The Morgan fingerprint density at radius 1 is 1.21 bits per heavy atom. The van der Waals surface area contributed by atoms with Gasteiger partial charge >= 0.3 is 0 Å². The van der Waals surface area contributed by atoms with Crippen LogP contribution in [0.3, 0.4) is 0 Å². The van der Waals surface area contributed by atoms with Crippen LogP contribution in [0, 0.1) is 0 Å². The van der Waals surface area contributed by atoms with Crippen LogP contribution >= 0.6 is 0 Å². The molecular formula is C19H27N5O4S. The summed E-state index contributed by atoms with van der Waals surface area (Å²) in [5.41, 5.74) is 1.36. The van der Waals surface area contributed by atoms with E-state index >= 15 is 0 Å². The number of rotatable bonds is 7. The Morgan fingerprint density at radius 3 is 2.55 bits per heavy atom. The molecule has 158 valence electrons. The Morgan fingerprint density at radius 2 is 1.90 bits per heavy atom. The SMILES string of the molecule is CN(C)S(=O)(=O)c1ccc2c(c1)nc(CCC(=O)NCC(=O)N1CCCC1)n2C. The Labute approximate surface area is 170 Å². The number of benzene rings is 1. The first-order valence-electron chi connectivity index (χ1n) is 9.62. The summed E-state index contributed by atoms with van der Waals surface area (Å²) in [7, 11) is 1.26. The summed E-state index contributed by atoms with van der Waals surface area (Å²) < 4.78 is 27.6. The molecule has 29 heavy (non-hydrogen) atoms. The topological polar surface area (TPSA) is 105 Å². The summed E-state index contributed by atoms with van der Waals surface area (Å²) in [4.78, 5) is 30.6. The smallest absolute Gasteiger partial charge is 0.242 e. The molecule has 2 amide bonds. The summed E-state index contributed by atoms with van der Waals surface area (Å²) in [6.07, 6.45) is 2.63. The molecule has 1 N–H and O–H groups in total. The largest absolute Gasteiger partial charge is 0.347 e. The number of hydrogen-bond donors (Lipinski definition) is 1. The van der Waals surface area contributed by atoms with Crippen molar-refractivity contribution in [1.82, 2.24) is 24.1 Å². The zero-order chi connectivity index (χ0) is 21.2. The predicted octanol–water partition coefficient (Wildman–Crippen LogP) is 0.495. The van der Waals surface area contributed by atoms with Crippen molar-refractivity contribution in [1.29, 1.82) is 0 Å². The van der Waals surface area contributed by atoms with E-state index in [0.717, 1.165) is 35.8 Å². The van der Waals surface area contributed by atoms with E-state index < -0.39 is 10.0 Å². The Balaban J connectivity index is 1.63. The van der Waals surface area contributed by atoms with E-state index in [4.69, 9.17) is 0 Å². The number of sulfonamides is 1. The maximum atomic E-state index is 12.3. The number of likely N-dealkylation sites (tertiary alicyclic amines) is 1. The minimum absolute atomic E-state index is 0.0210. The third kappa shape index (κ3) is 4.59. The van der Waals surface area contributed by atoms with Gasteiger partial charge in [0.25, 0.3) is 0 Å². The molecule has 9 nitrogen and oxygen atoms in total. The maximum absolute atomic E-state index is 12.3. The van der Waals surface area contributed by atoms with E-state index in [2.05, 4.69) is 10.3 Å². The highest BCUT2D eigenvalue weighted by Crippen LogP contribution is 2.21. The van der Waals surface area contributed by atoms with Crippen molar-refractivity contribution in [3.8, 4) is 0 Å². The molecule has 0 spiro atoms. The number of carbonyl (C=O) groups excluding carboxylic acids is 2. The number of hydrogen-bond acceptors (Lipinski definition) is 5. The summed E-state index contributed by atoms with van der Waals surface area (Å²) in [5.74, 6) is 0.425. The van der Waals surface area contributed by atoms with Gasteiger partial charge in [-0.3, -0.25) is 9.59 Å². The molecule has 0 atom stereocenters. The number of nitrogens with zero attached hydrogens (tertiary/aromatic N) is 4. The molecule has 10 heteroatoms. The van der Waals surface area contributed by atoms with Gasteiger partial charge in [-0.05, 0) is 31.0 Å². The van der Waals surface area contributed by atoms with Gasteiger partial charge in [-0.25, -0.2) is 17.7 Å². The van der Waals surface area contributed by atoms with Crippen LogP contribution in [0.15, 0.2) is 23.1 Å². The molecule has 0 aliphatic carbocycles. The van der Waals surface area contributed by atoms with Gasteiger partial charge in [0.2, 0.25) is 21.8 Å². The second-order valence-corrected chi connectivity index (χ2v) is 9.54. The lowest BCUT2D eigenvalue weighted by atomic mass is 10.3. The zero-order valence-corrected chi connectivity index (χ0v) is 17.8. The summed E-state index contributed by atoms with van der Waals surface area (Å²) in [6.45, 7) is 1.55. The van der Waals surface area contributed by atoms with Crippen LogP contribution in [0.2, 0.25) is 0 Å². The molecule has 2 heterocycles. The van der Waals surface area contributed by atoms with E-state index in [9.17, 15) is 18.0 Å². The molecule has 3 rings (SSSR count). The lowest BCUT2D eigenvalue weighted by molar-refractivity contribution is -0.132. The van der Waals surface area contributed by atoms with Crippen LogP contribution in [0.4, 0.5) is 0 Å². The van der Waals surface area contributed by atoms with Crippen LogP contribution in [0.25, 0.3) is 11.0 Å². The quantitative estimate of drug-likeness (QED) is 0.701. The van der Waals surface area contributed by atoms with Gasteiger partial charge in [0, 0.05) is 47.1 Å². The fraction of sp³-hybridized carbons (Fsp3) is 0.526. The second-order valence-electron chi connectivity index (χ2n) is 7.39. The summed E-state index contributed by atoms with van der Waals surface area (Å²) in [5, 5.41) is 2.67. The molecule has 0 unspecified atom stereocenters. The first-order valence-corrected chi connectivity index (χ1v) is 11.1. The first-order chi connectivity index (χ1) is 13.7. The van der Waals surface area contributed by atoms with E-state index in [0.29, 0.717) is 17.8 Å². The maximum Gasteiger partial charge on any atom is 0.242 e. The minimum atomic E-state index is -3.54. The zero-order valence-electron chi connectivity index (χ0n) is 17.0. The van der Waals surface area contributed by atoms with Crippen molar-refractivity contribution >= 4 is 32.9 Å². The third-order valence-corrected chi connectivity index (χ3v) is 7.01. The van der Waals surface area contributed by atoms with Crippen LogP contribution in [0.1, 0.15) is 25.1 Å². The molecule has 0 saturated carbocycles. The third-order valence-electron chi connectivity index (χ3n) is 5.19. The van der Waals surface area contributed by atoms with Crippen molar-refractivity contribution in [3.05, 3.63) is 24.0 Å². The number of aryl methyl sites for hydroxylation is 2. The normalized spacial score (nSPS) is 14.7. The minimum Gasteiger partial charge on any atom is -0.347 e. The second kappa shape index (κ2) is 8.50. The van der Waals surface area contributed by atoms with Crippen molar-refractivity contribution in [2.75, 3.05) is 33.7 Å². The summed E-state index contributed by atoms with van der Waals surface area (Å²) in [6, 6.07) is 4.82. The Bertz CT molecular complexity index is 1020. The molecule has 1 aliphatic heterocycles. The Hall–Kier alpha value is -2.46. The lowest BCUT2D eigenvalue weighted by Gasteiger charge is -2.15. The summed E-state index contributed by atoms with van der Waals surface area (Å²) >= 11 is 0. The Kier molecular flexibility index (Phi) is 6.23. The molecule has 1 aromatic carbocycles. The number of nitrogens with one attached hydrogen (secondary N) is 1. The van der Waals surface area contributed by atoms with Gasteiger partial charge < -0.3 is 14.8 Å². The highest BCUT2D eigenvalue weighted by molar-refractivity contribution is 7.89. The van der Waals surface area contributed by atoms with Gasteiger partial charge in [0.05, 0.1) is 22.5 Å². The number of carbonyl (C=O) groups is 2. The number of fused-ring (bicyclic) bond motifs is 1. The molecular weight excluding hydrogens is 394 g/mol. The van der Waals surface area contributed by atoms with E-state index in [1.807, 2.05) is 11.6 Å². The van der Waals surface area contributed by atoms with E-state index in [1.165, 1.54) is 14.1 Å². The lowest BCUT2D eigenvalue weighted by Crippen LogP contribution is -2.38. The van der Waals surface area contributed by atoms with Gasteiger partial charge in [0.1, 0.15) is 5.82 Å². The average Bonchev–Trinajstić information content (AvgIpc) is 3.32. The average molecular weight is 422 g/mol. The van der Waals surface area contributed by atoms with Gasteiger partial charge in [0.15, 0.2) is 0 Å². The van der Waals surface area contributed by atoms with Crippen molar-refractivity contribution in [2.24, 2.45) is 7.05 Å². The molecule has 1 aliphatic rings. The molecule has 0 radical (unpaired) electrons. The fourth-order valence-corrected chi connectivity index (χ4v) is 4.31. The number of imidazole rings is 1. The van der Waals surface area contributed by atoms with Crippen LogP contribution in [-0.4, -0.2) is 72.7 Å². The number of amides is 2. The van der Waals surface area contributed by atoms with Gasteiger partial charge in [-0.15, -0.1) is 0 Å². The monoisotopic (exact) mass is 421 g/mol. The molecule has 0 bridgehead atoms. The van der Waals surface area contributed by atoms with E-state index in [1.54, 1.807) is 23.1 Å². The van der Waals surface area contributed by atoms with Gasteiger partial charge in [-0.2, -0.15) is 0 Å². The van der Waals surface area contributed by atoms with Crippen LogP contribution in [0.5, 0.6) is 0 Å². The first kappa shape index (κ1) is 21.3. The van der Waals surface area contributed by atoms with E-state index in [-0.39, 0.29) is 29.7 Å². The molecule has 1 saturated heterocycles. The molecule has 1 aromatic heterocycles. The van der Waals surface area contributed by atoms with Gasteiger partial charge in [-0.1, -0.05) is 0 Å². The number of aromatic nitrogens is 2. The molecule has 1 fully saturated rings. The fourth-order valence-electron chi connectivity index (χ4n) is 3.39.